The van der Waals surface area contributed by atoms with Crippen molar-refractivity contribution < 1.29 is 13.6 Å². The van der Waals surface area contributed by atoms with Gasteiger partial charge in [-0.3, -0.25) is 4.90 Å². The van der Waals surface area contributed by atoms with Gasteiger partial charge >= 0.3 is 0 Å². The van der Waals surface area contributed by atoms with E-state index in [9.17, 15) is 0 Å². The third kappa shape index (κ3) is 3.57. The van der Waals surface area contributed by atoms with Crippen molar-refractivity contribution in [1.82, 2.24) is 15.1 Å². The molecule has 4 aromatic rings. The van der Waals surface area contributed by atoms with Crippen LogP contribution in [0.2, 0.25) is 0 Å². The maximum atomic E-state index is 5.96. The van der Waals surface area contributed by atoms with Crippen molar-refractivity contribution in [3.8, 4) is 17.2 Å². The first kappa shape index (κ1) is 17.3. The number of hydrogen-bond donors (Lipinski definition) is 0. The number of rotatable bonds is 6. The van der Waals surface area contributed by atoms with Crippen LogP contribution in [0.3, 0.4) is 0 Å². The fraction of sp³-hybridized carbons (Fsp3) is 0.238. The summed E-state index contributed by atoms with van der Waals surface area (Å²) in [6.07, 6.45) is 0. The molecule has 0 saturated heterocycles. The molecular weight excluding hydrogens is 342 g/mol. The van der Waals surface area contributed by atoms with Gasteiger partial charge in [0.15, 0.2) is 0 Å². The van der Waals surface area contributed by atoms with Crippen molar-refractivity contribution in [3.63, 3.8) is 0 Å². The van der Waals surface area contributed by atoms with E-state index in [1.807, 2.05) is 55.6 Å². The lowest BCUT2D eigenvalue weighted by atomic mass is 10.2. The fourth-order valence-electron chi connectivity index (χ4n) is 2.94. The zero-order chi connectivity index (χ0) is 18.8. The highest BCUT2D eigenvalue weighted by Crippen LogP contribution is 2.28. The van der Waals surface area contributed by atoms with E-state index < -0.39 is 0 Å². The first-order chi connectivity index (χ1) is 13.1. The van der Waals surface area contributed by atoms with Crippen LogP contribution in [0.5, 0.6) is 5.75 Å². The van der Waals surface area contributed by atoms with Crippen LogP contribution in [0.4, 0.5) is 0 Å². The van der Waals surface area contributed by atoms with E-state index in [1.54, 1.807) is 7.11 Å². The van der Waals surface area contributed by atoms with Crippen molar-refractivity contribution in [1.29, 1.82) is 0 Å². The maximum Gasteiger partial charge on any atom is 0.247 e. The average molecular weight is 363 g/mol. The van der Waals surface area contributed by atoms with Gasteiger partial charge in [0.2, 0.25) is 11.8 Å². The topological polar surface area (TPSA) is 64.5 Å². The van der Waals surface area contributed by atoms with E-state index in [1.165, 1.54) is 0 Å². The first-order valence-electron chi connectivity index (χ1n) is 8.79. The molecule has 0 saturated carbocycles. The number of nitrogens with zero attached hydrogens (tertiary/aromatic N) is 3. The largest absolute Gasteiger partial charge is 0.497 e. The molecule has 0 spiro atoms. The second kappa shape index (κ2) is 7.25. The number of fused-ring (bicyclic) bond motifs is 1. The Bertz CT molecular complexity index is 1000. The number of para-hydroxylation sites is 1. The third-order valence-electron chi connectivity index (χ3n) is 4.71. The summed E-state index contributed by atoms with van der Waals surface area (Å²) in [6, 6.07) is 17.7. The van der Waals surface area contributed by atoms with Gasteiger partial charge in [-0.1, -0.05) is 18.2 Å². The Morgan fingerprint density at radius 3 is 2.56 bits per heavy atom. The van der Waals surface area contributed by atoms with E-state index in [2.05, 4.69) is 28.1 Å². The number of hydrogen-bond acceptors (Lipinski definition) is 6. The number of aromatic nitrogens is 2. The Labute approximate surface area is 157 Å². The van der Waals surface area contributed by atoms with Crippen molar-refractivity contribution in [3.05, 3.63) is 66.2 Å². The van der Waals surface area contributed by atoms with Gasteiger partial charge in [0.1, 0.15) is 17.1 Å². The summed E-state index contributed by atoms with van der Waals surface area (Å²) < 4.78 is 17.0. The molecule has 6 nitrogen and oxygen atoms in total. The Balaban J connectivity index is 1.47. The molecule has 0 aliphatic rings. The van der Waals surface area contributed by atoms with Crippen molar-refractivity contribution in [2.24, 2.45) is 0 Å². The highest BCUT2D eigenvalue weighted by molar-refractivity contribution is 5.77. The van der Waals surface area contributed by atoms with E-state index in [0.717, 1.165) is 28.0 Å². The quantitative estimate of drug-likeness (QED) is 0.495. The normalized spacial score (nSPS) is 12.6. The number of ether oxygens (including phenoxy) is 1. The van der Waals surface area contributed by atoms with Gasteiger partial charge in [0, 0.05) is 10.9 Å². The molecule has 1 atom stereocenters. The van der Waals surface area contributed by atoms with E-state index in [-0.39, 0.29) is 6.04 Å². The molecule has 0 N–H and O–H groups in total. The summed E-state index contributed by atoms with van der Waals surface area (Å²) >= 11 is 0. The molecule has 27 heavy (non-hydrogen) atoms. The lowest BCUT2D eigenvalue weighted by Gasteiger charge is -2.20. The van der Waals surface area contributed by atoms with E-state index in [4.69, 9.17) is 13.6 Å². The minimum absolute atomic E-state index is 0.0775. The second-order valence-corrected chi connectivity index (χ2v) is 6.51. The van der Waals surface area contributed by atoms with Gasteiger partial charge in [-0.15, -0.1) is 10.2 Å². The zero-order valence-electron chi connectivity index (χ0n) is 15.5. The highest BCUT2D eigenvalue weighted by Gasteiger charge is 2.19. The predicted molar refractivity (Wildman–Crippen MR) is 102 cm³/mol. The molecule has 0 radical (unpaired) electrons. The molecule has 2 heterocycles. The van der Waals surface area contributed by atoms with Crippen LogP contribution in [0, 0.1) is 0 Å². The standard InChI is InChI=1S/C21H21N3O3/c1-14(19-12-16-6-4-5-7-18(16)26-19)24(2)13-20-22-23-21(27-20)15-8-10-17(25-3)11-9-15/h4-12,14H,13H2,1-3H3. The molecule has 4 rings (SSSR count). The Morgan fingerprint density at radius 1 is 1.04 bits per heavy atom. The van der Waals surface area contributed by atoms with Crippen LogP contribution in [0.1, 0.15) is 24.6 Å². The molecule has 138 valence electrons. The summed E-state index contributed by atoms with van der Waals surface area (Å²) in [6.45, 7) is 2.62. The second-order valence-electron chi connectivity index (χ2n) is 6.51. The minimum atomic E-state index is 0.0775. The molecule has 6 heteroatoms. The Kier molecular flexibility index (Phi) is 4.64. The van der Waals surface area contributed by atoms with Gasteiger partial charge in [0.25, 0.3) is 0 Å². The smallest absolute Gasteiger partial charge is 0.247 e. The SMILES string of the molecule is COc1ccc(-c2nnc(CN(C)C(C)c3cc4ccccc4o3)o2)cc1. The van der Waals surface area contributed by atoms with Crippen LogP contribution >= 0.6 is 0 Å². The lowest BCUT2D eigenvalue weighted by Crippen LogP contribution is -2.21. The van der Waals surface area contributed by atoms with Crippen molar-refractivity contribution in [2.45, 2.75) is 19.5 Å². The number of benzene rings is 2. The fourth-order valence-corrected chi connectivity index (χ4v) is 2.94. The van der Waals surface area contributed by atoms with Crippen LogP contribution in [-0.4, -0.2) is 29.3 Å². The monoisotopic (exact) mass is 363 g/mol. The summed E-state index contributed by atoms with van der Waals surface area (Å²) in [4.78, 5) is 2.11. The van der Waals surface area contributed by atoms with Crippen LogP contribution < -0.4 is 4.74 Å². The number of furan rings is 1. The summed E-state index contributed by atoms with van der Waals surface area (Å²) in [5.41, 5.74) is 1.76. The molecule has 2 aromatic heterocycles. The van der Waals surface area contributed by atoms with Crippen molar-refractivity contribution >= 4 is 11.0 Å². The Morgan fingerprint density at radius 2 is 1.81 bits per heavy atom. The number of methoxy groups -OCH3 is 1. The van der Waals surface area contributed by atoms with Crippen LogP contribution in [0.15, 0.2) is 63.4 Å². The molecule has 0 aliphatic carbocycles. The highest BCUT2D eigenvalue weighted by atomic mass is 16.5. The molecular formula is C21H21N3O3. The predicted octanol–water partition coefficient (Wildman–Crippen LogP) is 4.68. The molecule has 0 aliphatic heterocycles. The summed E-state index contributed by atoms with van der Waals surface area (Å²) in [5.74, 6) is 2.76. The van der Waals surface area contributed by atoms with Gasteiger partial charge in [-0.25, -0.2) is 0 Å². The molecule has 0 fully saturated rings. The van der Waals surface area contributed by atoms with Crippen molar-refractivity contribution in [2.75, 3.05) is 14.2 Å². The van der Waals surface area contributed by atoms with E-state index >= 15 is 0 Å². The first-order valence-corrected chi connectivity index (χ1v) is 8.79. The van der Waals surface area contributed by atoms with Gasteiger partial charge in [-0.2, -0.15) is 0 Å². The molecule has 1 unspecified atom stereocenters. The van der Waals surface area contributed by atoms with Gasteiger partial charge < -0.3 is 13.6 Å². The average Bonchev–Trinajstić information content (AvgIpc) is 3.34. The maximum absolute atomic E-state index is 5.96. The van der Waals surface area contributed by atoms with Gasteiger partial charge in [-0.05, 0) is 50.4 Å². The minimum Gasteiger partial charge on any atom is -0.497 e. The lowest BCUT2D eigenvalue weighted by molar-refractivity contribution is 0.207. The summed E-state index contributed by atoms with van der Waals surface area (Å²) in [5, 5.41) is 9.43. The molecule has 0 bridgehead atoms. The Hall–Kier alpha value is -3.12. The molecule has 2 aromatic carbocycles. The van der Waals surface area contributed by atoms with Crippen LogP contribution in [-0.2, 0) is 6.54 Å². The van der Waals surface area contributed by atoms with Gasteiger partial charge in [0.05, 0.1) is 19.7 Å². The van der Waals surface area contributed by atoms with E-state index in [0.29, 0.717) is 18.3 Å². The van der Waals surface area contributed by atoms with Crippen LogP contribution in [0.25, 0.3) is 22.4 Å². The zero-order valence-corrected chi connectivity index (χ0v) is 15.5. The third-order valence-corrected chi connectivity index (χ3v) is 4.71. The summed E-state index contributed by atoms with van der Waals surface area (Å²) in [7, 11) is 3.65. The molecule has 0 amide bonds.